The summed E-state index contributed by atoms with van der Waals surface area (Å²) in [6, 6.07) is 1.34. The zero-order valence-corrected chi connectivity index (χ0v) is 7.35. The third-order valence-electron chi connectivity index (χ3n) is 1.46. The Hall–Kier alpha value is -0.880. The van der Waals surface area contributed by atoms with Gasteiger partial charge in [0.05, 0.1) is 21.3 Å². The number of fused-ring (bicyclic) bond motifs is 1. The van der Waals surface area contributed by atoms with Crippen molar-refractivity contribution in [2.24, 2.45) is 0 Å². The first-order valence-corrected chi connectivity index (χ1v) is 5.86. The van der Waals surface area contributed by atoms with Crippen molar-refractivity contribution in [3.8, 4) is 0 Å². The summed E-state index contributed by atoms with van der Waals surface area (Å²) in [6.45, 7) is 0. The van der Waals surface area contributed by atoms with E-state index in [0.717, 1.165) is 0 Å². The zero-order valence-electron chi connectivity index (χ0n) is 5.72. The van der Waals surface area contributed by atoms with Gasteiger partial charge >= 0.3 is 0 Å². The zero-order chi connectivity index (χ0) is 8.77. The van der Waals surface area contributed by atoms with E-state index in [2.05, 4.69) is 4.98 Å². The van der Waals surface area contributed by atoms with Crippen LogP contribution in [0.5, 0.6) is 0 Å². The maximum Gasteiger partial charge on any atom is 0.238 e. The van der Waals surface area contributed by atoms with Crippen LogP contribution in [0, 0.1) is 0 Å². The Labute approximate surface area is 72.3 Å². The van der Waals surface area contributed by atoms with Crippen molar-refractivity contribution in [1.82, 2.24) is 4.98 Å². The molecular weight excluding hydrogens is 198 g/mol. The lowest BCUT2D eigenvalue weighted by Gasteiger charge is -1.90. The van der Waals surface area contributed by atoms with Crippen LogP contribution < -0.4 is 0 Å². The van der Waals surface area contributed by atoms with Crippen molar-refractivity contribution in [2.75, 3.05) is 0 Å². The van der Waals surface area contributed by atoms with Crippen LogP contribution in [-0.4, -0.2) is 18.5 Å². The van der Waals surface area contributed by atoms with E-state index in [1.165, 1.54) is 18.5 Å². The van der Waals surface area contributed by atoms with Crippen LogP contribution in [0.25, 0.3) is 0 Å². The van der Waals surface area contributed by atoms with Crippen molar-refractivity contribution < 1.29 is 13.2 Å². The second-order valence-electron chi connectivity index (χ2n) is 2.20. The molecule has 0 aliphatic carbocycles. The van der Waals surface area contributed by atoms with Gasteiger partial charge in [-0.05, 0) is 6.07 Å². The van der Waals surface area contributed by atoms with Crippen LogP contribution in [0.15, 0.2) is 23.4 Å². The molecule has 1 aromatic rings. The first-order chi connectivity index (χ1) is 5.61. The van der Waals surface area contributed by atoms with Gasteiger partial charge in [0, 0.05) is 12.4 Å². The smallest absolute Gasteiger partial charge is 0.238 e. The summed E-state index contributed by atoms with van der Waals surface area (Å²) in [4.78, 5) is 14.8. The summed E-state index contributed by atoms with van der Waals surface area (Å²) in [7, 11) is -3.08. The minimum absolute atomic E-state index is 0.0764. The van der Waals surface area contributed by atoms with Gasteiger partial charge in [-0.2, -0.15) is 0 Å². The number of nitrogens with zero attached hydrogens (tertiary/aromatic N) is 1. The van der Waals surface area contributed by atoms with Crippen molar-refractivity contribution in [3.05, 3.63) is 24.0 Å². The minimum atomic E-state index is -3.43. The second kappa shape index (κ2) is 2.30. The summed E-state index contributed by atoms with van der Waals surface area (Å²) in [5, 5.41) is -0.446. The number of hydrogen-bond donors (Lipinski definition) is 0. The molecule has 0 saturated heterocycles. The number of aromatic nitrogens is 1. The van der Waals surface area contributed by atoms with Gasteiger partial charge in [-0.1, -0.05) is 0 Å². The van der Waals surface area contributed by atoms with Crippen molar-refractivity contribution >= 4 is 24.8 Å². The maximum absolute atomic E-state index is 11.2. The molecule has 0 saturated carbocycles. The molecule has 0 amide bonds. The summed E-state index contributed by atoms with van der Waals surface area (Å²) >= 11 is 0. The third-order valence-corrected chi connectivity index (χ3v) is 4.59. The molecule has 2 heterocycles. The number of rotatable bonds is 0. The molecule has 0 aromatic carbocycles. The van der Waals surface area contributed by atoms with E-state index >= 15 is 0 Å². The fraction of sp³-hybridized carbons (Fsp3) is 0. The standard InChI is InChI=1S/C6H3NO3S2/c8-6-4-3-7-2-1-5(4)12(9,10)11-6/h1-3H. The highest BCUT2D eigenvalue weighted by Crippen LogP contribution is 2.36. The van der Waals surface area contributed by atoms with Gasteiger partial charge in [-0.25, -0.2) is 8.42 Å². The molecule has 0 atom stereocenters. The molecule has 4 nitrogen and oxygen atoms in total. The Morgan fingerprint density at radius 3 is 2.83 bits per heavy atom. The minimum Gasteiger partial charge on any atom is -0.280 e. The number of carbonyl (C=O) groups excluding carboxylic acids is 1. The van der Waals surface area contributed by atoms with Crippen LogP contribution in [0.4, 0.5) is 0 Å². The van der Waals surface area contributed by atoms with Crippen LogP contribution in [0.2, 0.25) is 0 Å². The largest absolute Gasteiger partial charge is 0.280 e. The van der Waals surface area contributed by atoms with E-state index in [1.807, 2.05) is 0 Å². The maximum atomic E-state index is 11.2. The lowest BCUT2D eigenvalue weighted by molar-refractivity contribution is 0.108. The molecule has 0 fully saturated rings. The molecule has 62 valence electrons. The Morgan fingerprint density at radius 1 is 1.42 bits per heavy atom. The molecule has 0 unspecified atom stereocenters. The Kier molecular flexibility index (Phi) is 1.49. The van der Waals surface area contributed by atoms with Gasteiger partial charge in [0.25, 0.3) is 0 Å². The molecule has 1 aromatic heterocycles. The average molecular weight is 201 g/mol. The topological polar surface area (TPSA) is 64.1 Å². The molecule has 2 rings (SSSR count). The highest BCUT2D eigenvalue weighted by atomic mass is 33.1. The van der Waals surface area contributed by atoms with Crippen LogP contribution in [0.1, 0.15) is 10.4 Å². The van der Waals surface area contributed by atoms with Gasteiger partial charge in [0.1, 0.15) is 0 Å². The molecule has 0 spiro atoms. The van der Waals surface area contributed by atoms with E-state index in [1.54, 1.807) is 0 Å². The van der Waals surface area contributed by atoms with E-state index in [9.17, 15) is 13.2 Å². The second-order valence-corrected chi connectivity index (χ2v) is 5.90. The molecule has 0 radical (unpaired) electrons. The molecule has 1 aliphatic heterocycles. The van der Waals surface area contributed by atoms with Crippen LogP contribution >= 0.6 is 10.8 Å². The van der Waals surface area contributed by atoms with Crippen molar-refractivity contribution in [1.29, 1.82) is 0 Å². The Bertz CT molecular complexity index is 452. The van der Waals surface area contributed by atoms with E-state index in [0.29, 0.717) is 10.8 Å². The van der Waals surface area contributed by atoms with Gasteiger partial charge in [-0.3, -0.25) is 9.78 Å². The van der Waals surface area contributed by atoms with Crippen LogP contribution in [0.3, 0.4) is 0 Å². The molecule has 12 heavy (non-hydrogen) atoms. The lowest BCUT2D eigenvalue weighted by Crippen LogP contribution is -1.90. The van der Waals surface area contributed by atoms with E-state index < -0.39 is 14.0 Å². The summed E-state index contributed by atoms with van der Waals surface area (Å²) in [6.07, 6.45) is 2.63. The van der Waals surface area contributed by atoms with E-state index in [4.69, 9.17) is 0 Å². The SMILES string of the molecule is O=C1SS(=O)(=O)c2ccncc21. The van der Waals surface area contributed by atoms with E-state index in [-0.39, 0.29) is 10.5 Å². The van der Waals surface area contributed by atoms with Gasteiger partial charge in [0.15, 0.2) is 0 Å². The highest BCUT2D eigenvalue weighted by molar-refractivity contribution is 8.78. The fourth-order valence-corrected chi connectivity index (χ4v) is 3.76. The van der Waals surface area contributed by atoms with Gasteiger partial charge < -0.3 is 0 Å². The predicted octanol–water partition coefficient (Wildman–Crippen LogP) is 0.657. The summed E-state index contributed by atoms with van der Waals surface area (Å²) in [5.41, 5.74) is 0.183. The summed E-state index contributed by atoms with van der Waals surface area (Å²) in [5.74, 6) is 0. The number of carbonyl (C=O) groups is 1. The molecule has 0 bridgehead atoms. The average Bonchev–Trinajstić information content (AvgIpc) is 2.25. The number of pyridine rings is 1. The quantitative estimate of drug-likeness (QED) is 0.577. The van der Waals surface area contributed by atoms with Gasteiger partial charge in [0.2, 0.25) is 14.0 Å². The first-order valence-electron chi connectivity index (χ1n) is 3.04. The predicted molar refractivity (Wildman–Crippen MR) is 43.3 cm³/mol. The lowest BCUT2D eigenvalue weighted by atomic mass is 10.3. The van der Waals surface area contributed by atoms with Gasteiger partial charge in [-0.15, -0.1) is 0 Å². The molecule has 0 N–H and O–H groups in total. The number of hydrogen-bond acceptors (Lipinski definition) is 5. The summed E-state index contributed by atoms with van der Waals surface area (Å²) < 4.78 is 22.4. The Morgan fingerprint density at radius 2 is 2.17 bits per heavy atom. The first kappa shape index (κ1) is 7.75. The monoisotopic (exact) mass is 201 g/mol. The Balaban J connectivity index is 2.83. The van der Waals surface area contributed by atoms with Crippen LogP contribution in [-0.2, 0) is 8.87 Å². The third kappa shape index (κ3) is 0.953. The normalized spacial score (nSPS) is 19.2. The fourth-order valence-electron chi connectivity index (χ4n) is 0.942. The van der Waals surface area contributed by atoms with Crippen molar-refractivity contribution in [3.63, 3.8) is 0 Å². The molecular formula is C6H3NO3S2. The van der Waals surface area contributed by atoms with Crippen molar-refractivity contribution in [2.45, 2.75) is 4.90 Å². The molecule has 6 heteroatoms. The highest BCUT2D eigenvalue weighted by Gasteiger charge is 2.34. The molecule has 1 aliphatic rings.